The summed E-state index contributed by atoms with van der Waals surface area (Å²) in [7, 11) is 0. The Morgan fingerprint density at radius 1 is 0.857 bits per heavy atom. The van der Waals surface area contributed by atoms with E-state index in [0.717, 1.165) is 11.1 Å². The molecule has 0 aliphatic rings. The van der Waals surface area contributed by atoms with Crippen LogP contribution in [0.2, 0.25) is 0 Å². The quantitative estimate of drug-likeness (QED) is 0.916. The average Bonchev–Trinajstić information content (AvgIpc) is 2.45. The monoisotopic (exact) mass is 297 g/mol. The molecular weight excluding hydrogens is 283 g/mol. The number of benzene rings is 2. The highest BCUT2D eigenvalue weighted by Crippen LogP contribution is 2.32. The van der Waals surface area contributed by atoms with Crippen molar-refractivity contribution in [3.05, 3.63) is 59.7 Å². The van der Waals surface area contributed by atoms with Gasteiger partial charge in [-0.1, -0.05) is 36.4 Å². The van der Waals surface area contributed by atoms with Crippen LogP contribution in [0.5, 0.6) is 11.5 Å². The number of rotatable bonds is 5. The number of hydrogen-bond acceptors (Lipinski definition) is 3. The van der Waals surface area contributed by atoms with Crippen LogP contribution < -0.4 is 15.2 Å². The van der Waals surface area contributed by atoms with Gasteiger partial charge in [-0.15, -0.1) is 13.2 Å². The van der Waals surface area contributed by atoms with E-state index in [9.17, 15) is 13.2 Å². The Balaban J connectivity index is 2.13. The number of nitrogens with two attached hydrogens (primary N) is 1. The lowest BCUT2D eigenvalue weighted by atomic mass is 10.1. The average molecular weight is 297 g/mol. The minimum Gasteiger partial charge on any atom is -0.485 e. The van der Waals surface area contributed by atoms with Crippen LogP contribution in [0.3, 0.4) is 0 Å². The first-order valence-electron chi connectivity index (χ1n) is 6.24. The molecule has 0 heterocycles. The van der Waals surface area contributed by atoms with Gasteiger partial charge in [0.1, 0.15) is 6.61 Å². The van der Waals surface area contributed by atoms with Gasteiger partial charge in [-0.2, -0.15) is 0 Å². The van der Waals surface area contributed by atoms with E-state index in [-0.39, 0.29) is 18.1 Å². The van der Waals surface area contributed by atoms with Crippen LogP contribution in [-0.2, 0) is 13.2 Å². The second-order valence-electron chi connectivity index (χ2n) is 4.26. The van der Waals surface area contributed by atoms with Gasteiger partial charge in [-0.25, -0.2) is 0 Å². The van der Waals surface area contributed by atoms with Crippen LogP contribution in [0.25, 0.3) is 0 Å². The Hall–Kier alpha value is -2.21. The van der Waals surface area contributed by atoms with Gasteiger partial charge in [0.15, 0.2) is 11.5 Å². The first-order valence-corrected chi connectivity index (χ1v) is 6.24. The van der Waals surface area contributed by atoms with Crippen molar-refractivity contribution in [2.45, 2.75) is 19.5 Å². The van der Waals surface area contributed by atoms with Crippen molar-refractivity contribution in [3.63, 3.8) is 0 Å². The molecule has 2 N–H and O–H groups in total. The summed E-state index contributed by atoms with van der Waals surface area (Å²) >= 11 is 0. The van der Waals surface area contributed by atoms with Crippen LogP contribution >= 0.6 is 0 Å². The number of para-hydroxylation sites is 2. The van der Waals surface area contributed by atoms with Gasteiger partial charge in [0.25, 0.3) is 0 Å². The van der Waals surface area contributed by atoms with E-state index in [1.54, 1.807) is 6.07 Å². The maximum Gasteiger partial charge on any atom is 0.573 e. The van der Waals surface area contributed by atoms with Crippen molar-refractivity contribution < 1.29 is 22.6 Å². The summed E-state index contributed by atoms with van der Waals surface area (Å²) < 4.78 is 46.3. The Kier molecular flexibility index (Phi) is 4.70. The molecule has 0 aromatic heterocycles. The van der Waals surface area contributed by atoms with Gasteiger partial charge in [-0.3, -0.25) is 0 Å². The summed E-state index contributed by atoms with van der Waals surface area (Å²) in [6.45, 7) is 0.450. The van der Waals surface area contributed by atoms with E-state index in [0.29, 0.717) is 6.54 Å². The fraction of sp³-hybridized carbons (Fsp3) is 0.200. The summed E-state index contributed by atoms with van der Waals surface area (Å²) in [5.41, 5.74) is 7.31. The molecule has 21 heavy (non-hydrogen) atoms. The Morgan fingerprint density at radius 2 is 1.43 bits per heavy atom. The summed E-state index contributed by atoms with van der Waals surface area (Å²) in [5.74, 6) is -0.336. The fourth-order valence-electron chi connectivity index (χ4n) is 1.83. The third kappa shape index (κ3) is 4.39. The summed E-state index contributed by atoms with van der Waals surface area (Å²) in [6.07, 6.45) is -4.76. The zero-order valence-corrected chi connectivity index (χ0v) is 11.1. The molecule has 2 rings (SSSR count). The van der Waals surface area contributed by atoms with E-state index in [1.807, 2.05) is 24.3 Å². The molecule has 0 unspecified atom stereocenters. The van der Waals surface area contributed by atoms with Crippen LogP contribution in [0, 0.1) is 0 Å². The zero-order valence-electron chi connectivity index (χ0n) is 11.1. The minimum atomic E-state index is -4.76. The van der Waals surface area contributed by atoms with Gasteiger partial charge in [0, 0.05) is 6.54 Å². The van der Waals surface area contributed by atoms with Gasteiger partial charge in [-0.05, 0) is 23.3 Å². The molecule has 0 radical (unpaired) electrons. The smallest absolute Gasteiger partial charge is 0.485 e. The van der Waals surface area contributed by atoms with Crippen LogP contribution in [0.15, 0.2) is 48.5 Å². The predicted octanol–water partition coefficient (Wildman–Crippen LogP) is 3.62. The van der Waals surface area contributed by atoms with E-state index in [2.05, 4.69) is 4.74 Å². The Bertz CT molecular complexity index is 599. The summed E-state index contributed by atoms with van der Waals surface area (Å²) in [4.78, 5) is 0. The van der Waals surface area contributed by atoms with E-state index in [4.69, 9.17) is 10.5 Å². The van der Waals surface area contributed by atoms with Gasteiger partial charge < -0.3 is 15.2 Å². The molecule has 0 bridgehead atoms. The molecular formula is C15H14F3NO2. The molecule has 2 aromatic rings. The SMILES string of the molecule is NCc1ccccc1COc1ccccc1OC(F)(F)F. The standard InChI is InChI=1S/C15H14F3NO2/c16-15(17,18)21-14-8-4-3-7-13(14)20-10-12-6-2-1-5-11(12)9-19/h1-8H,9-10,19H2. The third-order valence-corrected chi connectivity index (χ3v) is 2.80. The van der Waals surface area contributed by atoms with Gasteiger partial charge in [0.05, 0.1) is 0 Å². The largest absolute Gasteiger partial charge is 0.573 e. The number of halogens is 3. The fourth-order valence-corrected chi connectivity index (χ4v) is 1.83. The first-order chi connectivity index (χ1) is 9.99. The molecule has 0 aliphatic heterocycles. The Labute approximate surface area is 120 Å². The summed E-state index contributed by atoms with van der Waals surface area (Å²) in [6, 6.07) is 13.0. The molecule has 112 valence electrons. The van der Waals surface area contributed by atoms with Gasteiger partial charge in [0.2, 0.25) is 0 Å². The molecule has 0 amide bonds. The van der Waals surface area contributed by atoms with Crippen LogP contribution in [-0.4, -0.2) is 6.36 Å². The second-order valence-corrected chi connectivity index (χ2v) is 4.26. The van der Waals surface area contributed by atoms with Crippen molar-refractivity contribution in [1.29, 1.82) is 0 Å². The molecule has 0 spiro atoms. The first kappa shape index (κ1) is 15.2. The highest BCUT2D eigenvalue weighted by atomic mass is 19.4. The molecule has 6 heteroatoms. The molecule has 3 nitrogen and oxygen atoms in total. The highest BCUT2D eigenvalue weighted by Gasteiger charge is 2.32. The number of ether oxygens (including phenoxy) is 2. The van der Waals surface area contributed by atoms with E-state index < -0.39 is 6.36 Å². The molecule has 0 saturated heterocycles. The minimum absolute atomic E-state index is 0.0293. The molecule has 2 aromatic carbocycles. The third-order valence-electron chi connectivity index (χ3n) is 2.80. The normalized spacial score (nSPS) is 11.2. The lowest BCUT2D eigenvalue weighted by molar-refractivity contribution is -0.275. The maximum atomic E-state index is 12.3. The predicted molar refractivity (Wildman–Crippen MR) is 71.8 cm³/mol. The summed E-state index contributed by atoms with van der Waals surface area (Å²) in [5, 5.41) is 0. The van der Waals surface area contributed by atoms with Crippen molar-refractivity contribution in [3.8, 4) is 11.5 Å². The second kappa shape index (κ2) is 6.49. The van der Waals surface area contributed by atoms with E-state index in [1.165, 1.54) is 18.2 Å². The van der Waals surface area contributed by atoms with Crippen molar-refractivity contribution in [1.82, 2.24) is 0 Å². The van der Waals surface area contributed by atoms with Crippen LogP contribution in [0.1, 0.15) is 11.1 Å². The zero-order chi connectivity index (χ0) is 15.3. The van der Waals surface area contributed by atoms with E-state index >= 15 is 0 Å². The number of hydrogen-bond donors (Lipinski definition) is 1. The molecule has 0 aliphatic carbocycles. The maximum absolute atomic E-state index is 12.3. The lowest BCUT2D eigenvalue weighted by Gasteiger charge is -2.15. The topological polar surface area (TPSA) is 44.5 Å². The Morgan fingerprint density at radius 3 is 2.05 bits per heavy atom. The van der Waals surface area contributed by atoms with Crippen molar-refractivity contribution in [2.75, 3.05) is 0 Å². The highest BCUT2D eigenvalue weighted by molar-refractivity contribution is 5.40. The molecule has 0 saturated carbocycles. The lowest BCUT2D eigenvalue weighted by Crippen LogP contribution is -2.17. The van der Waals surface area contributed by atoms with Gasteiger partial charge >= 0.3 is 6.36 Å². The molecule has 0 fully saturated rings. The number of alkyl halides is 3. The van der Waals surface area contributed by atoms with Crippen molar-refractivity contribution in [2.24, 2.45) is 5.73 Å². The van der Waals surface area contributed by atoms with Crippen molar-refractivity contribution >= 4 is 0 Å². The molecule has 0 atom stereocenters. The van der Waals surface area contributed by atoms with Crippen LogP contribution in [0.4, 0.5) is 13.2 Å².